The van der Waals surface area contributed by atoms with Crippen molar-refractivity contribution in [3.63, 3.8) is 0 Å². The highest BCUT2D eigenvalue weighted by Crippen LogP contribution is 2.22. The van der Waals surface area contributed by atoms with Crippen molar-refractivity contribution in [2.45, 2.75) is 32.1 Å². The van der Waals surface area contributed by atoms with Crippen LogP contribution in [0.15, 0.2) is 30.6 Å². The third-order valence-corrected chi connectivity index (χ3v) is 3.93. The number of aromatic nitrogens is 4. The number of methoxy groups -OCH3 is 1. The molecule has 0 aromatic carbocycles. The Morgan fingerprint density at radius 3 is 3.00 bits per heavy atom. The number of ether oxygens (including phenoxy) is 2. The average molecular weight is 345 g/mol. The molecule has 3 rings (SSSR count). The fourth-order valence-corrected chi connectivity index (χ4v) is 3.02. The molecular formula is C17H23N5O3. The Balaban J connectivity index is 1.70. The lowest BCUT2D eigenvalue weighted by Crippen LogP contribution is -2.55. The standard InChI is InChI=1S/C17H23N5O3/c1-17(2)12-21(9-14(25-17)11-24-3)16(23)15-10-22(20-19-15)8-13-6-4-5-7-18-13/h4-7,10,14H,8-9,11-12H2,1-3H3/t14-/m0/s1. The van der Waals surface area contributed by atoms with Gasteiger partial charge in [-0.3, -0.25) is 9.78 Å². The summed E-state index contributed by atoms with van der Waals surface area (Å²) >= 11 is 0. The van der Waals surface area contributed by atoms with Crippen LogP contribution in [0, 0.1) is 0 Å². The molecule has 0 bridgehead atoms. The Morgan fingerprint density at radius 2 is 2.28 bits per heavy atom. The normalized spacial score (nSPS) is 19.8. The summed E-state index contributed by atoms with van der Waals surface area (Å²) in [5.74, 6) is -0.148. The second kappa shape index (κ2) is 7.28. The van der Waals surface area contributed by atoms with Crippen LogP contribution in [0.2, 0.25) is 0 Å². The summed E-state index contributed by atoms with van der Waals surface area (Å²) in [4.78, 5) is 18.8. The molecule has 1 atom stereocenters. The molecule has 25 heavy (non-hydrogen) atoms. The summed E-state index contributed by atoms with van der Waals surface area (Å²) in [6.07, 6.45) is 3.23. The molecule has 0 radical (unpaired) electrons. The summed E-state index contributed by atoms with van der Waals surface area (Å²) in [7, 11) is 1.63. The van der Waals surface area contributed by atoms with Gasteiger partial charge in [0.25, 0.3) is 5.91 Å². The third kappa shape index (κ3) is 4.40. The van der Waals surface area contributed by atoms with Gasteiger partial charge in [0.05, 0.1) is 36.7 Å². The number of amides is 1. The molecule has 1 amide bonds. The van der Waals surface area contributed by atoms with Gasteiger partial charge in [-0.25, -0.2) is 4.68 Å². The third-order valence-electron chi connectivity index (χ3n) is 3.93. The van der Waals surface area contributed by atoms with Crippen molar-refractivity contribution in [3.8, 4) is 0 Å². The minimum Gasteiger partial charge on any atom is -0.382 e. The van der Waals surface area contributed by atoms with Crippen LogP contribution in [0.4, 0.5) is 0 Å². The number of carbonyl (C=O) groups is 1. The first-order chi connectivity index (χ1) is 12.0. The molecule has 0 saturated carbocycles. The number of pyridine rings is 1. The van der Waals surface area contributed by atoms with E-state index in [1.165, 1.54) is 0 Å². The molecule has 8 heteroatoms. The maximum absolute atomic E-state index is 12.8. The van der Waals surface area contributed by atoms with Gasteiger partial charge >= 0.3 is 0 Å². The van der Waals surface area contributed by atoms with Crippen LogP contribution in [0.1, 0.15) is 30.0 Å². The number of carbonyl (C=O) groups excluding carboxylic acids is 1. The van der Waals surface area contributed by atoms with E-state index in [-0.39, 0.29) is 12.0 Å². The largest absolute Gasteiger partial charge is 0.382 e. The topological polar surface area (TPSA) is 82.4 Å². The van der Waals surface area contributed by atoms with Crippen LogP contribution < -0.4 is 0 Å². The van der Waals surface area contributed by atoms with E-state index >= 15 is 0 Å². The molecule has 2 aromatic heterocycles. The van der Waals surface area contributed by atoms with E-state index in [0.717, 1.165) is 5.69 Å². The SMILES string of the molecule is COC[C@@H]1CN(C(=O)c2cn(Cc3ccccn3)nn2)CC(C)(C)O1. The Kier molecular flexibility index (Phi) is 5.10. The van der Waals surface area contributed by atoms with Crippen molar-refractivity contribution in [2.75, 3.05) is 26.8 Å². The van der Waals surface area contributed by atoms with E-state index in [9.17, 15) is 4.79 Å². The predicted octanol–water partition coefficient (Wildman–Crippen LogP) is 0.987. The summed E-state index contributed by atoms with van der Waals surface area (Å²) in [5, 5.41) is 8.07. The fourth-order valence-electron chi connectivity index (χ4n) is 3.02. The number of hydrogen-bond donors (Lipinski definition) is 0. The van der Waals surface area contributed by atoms with Gasteiger partial charge in [-0.1, -0.05) is 11.3 Å². The smallest absolute Gasteiger partial charge is 0.276 e. The number of rotatable bonds is 5. The van der Waals surface area contributed by atoms with Gasteiger partial charge in [-0.15, -0.1) is 5.10 Å². The molecule has 0 aliphatic carbocycles. The fraction of sp³-hybridized carbons (Fsp3) is 0.529. The van der Waals surface area contributed by atoms with E-state index in [4.69, 9.17) is 9.47 Å². The molecule has 1 aliphatic heterocycles. The number of nitrogens with zero attached hydrogens (tertiary/aromatic N) is 5. The first-order valence-corrected chi connectivity index (χ1v) is 8.23. The number of morpholine rings is 1. The van der Waals surface area contributed by atoms with Crippen molar-refractivity contribution in [3.05, 3.63) is 42.0 Å². The Labute approximate surface area is 146 Å². The summed E-state index contributed by atoms with van der Waals surface area (Å²) in [5.41, 5.74) is 0.755. The Morgan fingerprint density at radius 1 is 1.44 bits per heavy atom. The van der Waals surface area contributed by atoms with Crippen LogP contribution in [0.5, 0.6) is 0 Å². The van der Waals surface area contributed by atoms with Crippen LogP contribution in [-0.2, 0) is 16.0 Å². The Hall–Kier alpha value is -2.32. The predicted molar refractivity (Wildman–Crippen MR) is 90.1 cm³/mol. The molecule has 1 aliphatic rings. The van der Waals surface area contributed by atoms with Crippen molar-refractivity contribution in [2.24, 2.45) is 0 Å². The molecule has 8 nitrogen and oxygen atoms in total. The minimum absolute atomic E-state index is 0.148. The molecular weight excluding hydrogens is 322 g/mol. The maximum atomic E-state index is 12.8. The second-order valence-corrected chi connectivity index (χ2v) is 6.76. The van der Waals surface area contributed by atoms with Crippen LogP contribution in [0.25, 0.3) is 0 Å². The van der Waals surface area contributed by atoms with Gasteiger partial charge in [0, 0.05) is 26.4 Å². The zero-order valence-electron chi connectivity index (χ0n) is 14.8. The van der Waals surface area contributed by atoms with Gasteiger partial charge in [0.1, 0.15) is 0 Å². The van der Waals surface area contributed by atoms with Crippen LogP contribution >= 0.6 is 0 Å². The van der Waals surface area contributed by atoms with Crippen molar-refractivity contribution < 1.29 is 14.3 Å². The van der Waals surface area contributed by atoms with Gasteiger partial charge in [0.15, 0.2) is 5.69 Å². The second-order valence-electron chi connectivity index (χ2n) is 6.76. The molecule has 0 N–H and O–H groups in total. The van der Waals surface area contributed by atoms with Crippen molar-refractivity contribution in [1.82, 2.24) is 24.9 Å². The minimum atomic E-state index is -0.430. The summed E-state index contributed by atoms with van der Waals surface area (Å²) in [6.45, 7) is 5.82. The lowest BCUT2D eigenvalue weighted by Gasteiger charge is -2.42. The van der Waals surface area contributed by atoms with Gasteiger partial charge < -0.3 is 14.4 Å². The summed E-state index contributed by atoms with van der Waals surface area (Å²) < 4.78 is 12.7. The van der Waals surface area contributed by atoms with E-state index in [2.05, 4.69) is 15.3 Å². The molecule has 1 fully saturated rings. The highest BCUT2D eigenvalue weighted by atomic mass is 16.5. The average Bonchev–Trinajstić information content (AvgIpc) is 3.02. The molecule has 1 saturated heterocycles. The van der Waals surface area contributed by atoms with Crippen molar-refractivity contribution >= 4 is 5.91 Å². The number of hydrogen-bond acceptors (Lipinski definition) is 6. The van der Waals surface area contributed by atoms with Gasteiger partial charge in [-0.05, 0) is 26.0 Å². The molecule has 0 spiro atoms. The highest BCUT2D eigenvalue weighted by molar-refractivity contribution is 5.92. The molecule has 134 valence electrons. The maximum Gasteiger partial charge on any atom is 0.276 e. The molecule has 2 aromatic rings. The van der Waals surface area contributed by atoms with E-state index in [1.54, 1.807) is 29.1 Å². The zero-order valence-corrected chi connectivity index (χ0v) is 14.8. The Bertz CT molecular complexity index is 716. The van der Waals surface area contributed by atoms with E-state index in [1.807, 2.05) is 32.0 Å². The first-order valence-electron chi connectivity index (χ1n) is 8.23. The lowest BCUT2D eigenvalue weighted by molar-refractivity contribution is -0.143. The monoisotopic (exact) mass is 345 g/mol. The highest BCUT2D eigenvalue weighted by Gasteiger charge is 2.36. The van der Waals surface area contributed by atoms with Gasteiger partial charge in [-0.2, -0.15) is 0 Å². The van der Waals surface area contributed by atoms with Gasteiger partial charge in [0.2, 0.25) is 0 Å². The van der Waals surface area contributed by atoms with Crippen molar-refractivity contribution in [1.29, 1.82) is 0 Å². The van der Waals surface area contributed by atoms with Crippen LogP contribution in [0.3, 0.4) is 0 Å². The molecule has 3 heterocycles. The van der Waals surface area contributed by atoms with E-state index in [0.29, 0.717) is 31.9 Å². The first kappa shape index (κ1) is 17.5. The van der Waals surface area contributed by atoms with Crippen LogP contribution in [-0.4, -0.2) is 69.3 Å². The zero-order chi connectivity index (χ0) is 17.9. The summed E-state index contributed by atoms with van der Waals surface area (Å²) in [6, 6.07) is 5.68. The van der Waals surface area contributed by atoms with E-state index < -0.39 is 5.60 Å². The lowest BCUT2D eigenvalue weighted by atomic mass is 10.0. The quantitative estimate of drug-likeness (QED) is 0.804. The molecule has 0 unspecified atom stereocenters.